The maximum absolute atomic E-state index is 8.56. The molecule has 0 bridgehead atoms. The second-order valence-electron chi connectivity index (χ2n) is 0.283. The summed E-state index contributed by atoms with van der Waals surface area (Å²) < 4.78 is 0. The van der Waals surface area contributed by atoms with E-state index in [1.54, 1.807) is 0 Å². The van der Waals surface area contributed by atoms with E-state index in [0.29, 0.717) is 0 Å². The molecule has 0 saturated carbocycles. The van der Waals surface area contributed by atoms with Crippen molar-refractivity contribution in [3.05, 3.63) is 0 Å². The second kappa shape index (κ2) is 16.0. The molecule has 0 fully saturated rings. The van der Waals surface area contributed by atoms with Gasteiger partial charge in [-0.25, -0.2) is 4.79 Å². The summed E-state index contributed by atoms with van der Waals surface area (Å²) in [4.78, 5) is 8.56. The number of carboxylic acid groups (broad SMARTS) is 2. The smallest absolute Gasteiger partial charge is 1.00 e. The molecule has 42 valence electrons. The Bertz CT molecular complexity index is 41.5. The van der Waals surface area contributed by atoms with Crippen LogP contribution in [-0.2, 0) is 0 Å². The molecule has 0 aliphatic rings. The van der Waals surface area contributed by atoms with E-state index in [9.17, 15) is 0 Å². The summed E-state index contributed by atoms with van der Waals surface area (Å²) in [5.41, 5.74) is 0. The summed E-state index contributed by atoms with van der Waals surface area (Å²) in [6.07, 6.45) is -1.83. The van der Waals surface area contributed by atoms with Gasteiger partial charge in [0.15, 0.2) is 17.4 Å². The van der Waals surface area contributed by atoms with Crippen molar-refractivity contribution in [3.8, 4) is 0 Å². The van der Waals surface area contributed by atoms with Crippen LogP contribution >= 0.6 is 0 Å². The largest absolute Gasteiger partial charge is 2.00 e. The summed E-state index contributed by atoms with van der Waals surface area (Å²) in [6.45, 7) is 0. The standard InChI is InChI=1S/CH2O3.Al.Mg.H2O.5H/c2-1(3)4;;;;;;;;/h(H2,2,3,4);;;1H2;;;;;/q;;+2;;;;;2*-1. The zero-order valence-corrected chi connectivity index (χ0v) is 4.42. The van der Waals surface area contributed by atoms with Crippen LogP contribution < -0.4 is 0 Å². The van der Waals surface area contributed by atoms with E-state index in [4.69, 9.17) is 15.0 Å². The minimum Gasteiger partial charge on any atom is -1.00 e. The molecule has 0 saturated heterocycles. The fourth-order valence-electron chi connectivity index (χ4n) is 0. The van der Waals surface area contributed by atoms with Gasteiger partial charge in [0.2, 0.25) is 0 Å². The maximum Gasteiger partial charge on any atom is 2.00 e. The third-order valence-corrected chi connectivity index (χ3v) is 0. The van der Waals surface area contributed by atoms with Crippen molar-refractivity contribution in [1.29, 1.82) is 0 Å². The second-order valence-corrected chi connectivity index (χ2v) is 0.283. The van der Waals surface area contributed by atoms with E-state index < -0.39 is 6.16 Å². The van der Waals surface area contributed by atoms with Gasteiger partial charge < -0.3 is 18.5 Å². The molecule has 0 aliphatic heterocycles. The molecule has 0 aliphatic carbocycles. The molecule has 0 aromatic carbocycles. The van der Waals surface area contributed by atoms with Crippen molar-refractivity contribution in [3.63, 3.8) is 0 Å². The Balaban J connectivity index is -0.00000000450. The molecule has 0 aromatic rings. The van der Waals surface area contributed by atoms with Gasteiger partial charge in [0, 0.05) is 0 Å². The van der Waals surface area contributed by atoms with Crippen LogP contribution in [0.3, 0.4) is 0 Å². The average Bonchev–Trinajstić information content (AvgIpc) is 0.811. The van der Waals surface area contributed by atoms with Gasteiger partial charge >= 0.3 is 29.2 Å². The molecule has 0 aromatic heterocycles. The van der Waals surface area contributed by atoms with Gasteiger partial charge in [-0.3, -0.25) is 0 Å². The fourth-order valence-corrected chi connectivity index (χ4v) is 0. The van der Waals surface area contributed by atoms with E-state index in [-0.39, 0.29) is 48.7 Å². The molecule has 6 heteroatoms. The van der Waals surface area contributed by atoms with Gasteiger partial charge in [-0.2, -0.15) is 0 Å². The SMILES string of the molecule is O.O=C(O)O.[AlH3].[H-].[H-].[Mg+2]. The minimum absolute atomic E-state index is 0. The van der Waals surface area contributed by atoms with Crippen molar-refractivity contribution in [2.24, 2.45) is 0 Å². The first-order valence-corrected chi connectivity index (χ1v) is 0.651. The van der Waals surface area contributed by atoms with Crippen LogP contribution in [0, 0.1) is 0 Å². The average molecular weight is 136 g/mol. The first kappa shape index (κ1) is 25.8. The predicted molar refractivity (Wildman–Crippen MR) is 32.2 cm³/mol. The van der Waals surface area contributed by atoms with E-state index in [1.807, 2.05) is 0 Å². The van der Waals surface area contributed by atoms with Crippen LogP contribution in [0.25, 0.3) is 0 Å². The number of hydrogen-bond donors (Lipinski definition) is 2. The predicted octanol–water partition coefficient (Wildman–Crippen LogP) is -1.94. The number of hydrogen-bond acceptors (Lipinski definition) is 1. The fraction of sp³-hybridized carbons (Fsp3) is 0. The summed E-state index contributed by atoms with van der Waals surface area (Å²) in [5, 5.41) is 13.9. The third-order valence-electron chi connectivity index (χ3n) is 0. The molecule has 0 amide bonds. The Morgan fingerprint density at radius 3 is 1.43 bits per heavy atom. The van der Waals surface area contributed by atoms with Gasteiger partial charge in [-0.1, -0.05) is 0 Å². The van der Waals surface area contributed by atoms with Crippen LogP contribution in [-0.4, -0.2) is 62.3 Å². The van der Waals surface area contributed by atoms with Crippen LogP contribution in [0.15, 0.2) is 0 Å². The number of carbonyl (C=O) groups is 1. The van der Waals surface area contributed by atoms with E-state index in [0.717, 1.165) is 0 Å². The Kier molecular flexibility index (Phi) is 59.0. The Hall–Kier alpha value is 0.529. The molecule has 0 spiro atoms. The Labute approximate surface area is 70.1 Å². The molecule has 4 N–H and O–H groups in total. The molecule has 4 nitrogen and oxygen atoms in total. The van der Waals surface area contributed by atoms with Crippen LogP contribution in [0.1, 0.15) is 2.85 Å². The van der Waals surface area contributed by atoms with E-state index in [1.165, 1.54) is 0 Å². The normalized spacial score (nSPS) is 3.43. The van der Waals surface area contributed by atoms with Gasteiger partial charge in [0.1, 0.15) is 0 Å². The van der Waals surface area contributed by atoms with Crippen molar-refractivity contribution in [1.82, 2.24) is 0 Å². The monoisotopic (exact) mass is 136 g/mol. The van der Waals surface area contributed by atoms with Crippen molar-refractivity contribution < 1.29 is 23.3 Å². The summed E-state index contributed by atoms with van der Waals surface area (Å²) >= 11 is 0. The first-order chi connectivity index (χ1) is 1.73. The molecule has 0 atom stereocenters. The van der Waals surface area contributed by atoms with Gasteiger partial charge in [-0.05, 0) is 0 Å². The summed E-state index contributed by atoms with van der Waals surface area (Å²) in [5.74, 6) is 0. The zero-order valence-electron chi connectivity index (χ0n) is 5.01. The first-order valence-electron chi connectivity index (χ1n) is 0.651. The van der Waals surface area contributed by atoms with Gasteiger partial charge in [0.05, 0.1) is 0 Å². The summed E-state index contributed by atoms with van der Waals surface area (Å²) in [6, 6.07) is 0. The zero-order chi connectivity index (χ0) is 3.58. The molecule has 0 unspecified atom stereocenters. The number of rotatable bonds is 0. The van der Waals surface area contributed by atoms with Crippen LogP contribution in [0.4, 0.5) is 4.79 Å². The van der Waals surface area contributed by atoms with Crippen molar-refractivity contribution in [2.75, 3.05) is 0 Å². The van der Waals surface area contributed by atoms with Crippen molar-refractivity contribution >= 4 is 46.6 Å². The molecular weight excluding hydrogens is 127 g/mol. The summed E-state index contributed by atoms with van der Waals surface area (Å²) in [7, 11) is 0. The van der Waals surface area contributed by atoms with E-state index in [2.05, 4.69) is 0 Å². The molecule has 0 heterocycles. The van der Waals surface area contributed by atoms with Gasteiger partial charge in [0.25, 0.3) is 0 Å². The van der Waals surface area contributed by atoms with Crippen LogP contribution in [0.5, 0.6) is 0 Å². The molecule has 7 heavy (non-hydrogen) atoms. The Morgan fingerprint density at radius 1 is 1.43 bits per heavy atom. The quantitative estimate of drug-likeness (QED) is 0.380. The third kappa shape index (κ3) is 479. The minimum atomic E-state index is -1.83. The maximum atomic E-state index is 8.56. The Morgan fingerprint density at radius 2 is 1.43 bits per heavy atom. The molecular formula is CH9AlMgO4. The van der Waals surface area contributed by atoms with Crippen LogP contribution in [0.2, 0.25) is 0 Å². The van der Waals surface area contributed by atoms with Crippen molar-refractivity contribution in [2.45, 2.75) is 0 Å². The topological polar surface area (TPSA) is 89.0 Å². The molecule has 0 rings (SSSR count). The molecule has 0 radical (unpaired) electrons. The van der Waals surface area contributed by atoms with Gasteiger partial charge in [-0.15, -0.1) is 0 Å². The van der Waals surface area contributed by atoms with E-state index >= 15 is 0 Å².